The summed E-state index contributed by atoms with van der Waals surface area (Å²) in [4.78, 5) is 13.3. The smallest absolute Gasteiger partial charge is 0.320 e. The average molecular weight is 228 g/mol. The van der Waals surface area contributed by atoms with Crippen LogP contribution in [-0.2, 0) is 4.79 Å². The molecular formula is C12H24N2O2. The lowest BCUT2D eigenvalue weighted by atomic mass is 9.85. The Balaban J connectivity index is 2.61. The summed E-state index contributed by atoms with van der Waals surface area (Å²) in [5.74, 6) is -0.731. The first-order chi connectivity index (χ1) is 7.46. The van der Waals surface area contributed by atoms with Crippen LogP contribution in [0.4, 0.5) is 0 Å². The van der Waals surface area contributed by atoms with Crippen molar-refractivity contribution in [3.63, 3.8) is 0 Å². The van der Waals surface area contributed by atoms with Gasteiger partial charge in [0.2, 0.25) is 0 Å². The molecule has 1 fully saturated rings. The second kappa shape index (κ2) is 5.64. The van der Waals surface area contributed by atoms with Gasteiger partial charge in [0.05, 0.1) is 0 Å². The van der Waals surface area contributed by atoms with Crippen molar-refractivity contribution in [3.8, 4) is 0 Å². The van der Waals surface area contributed by atoms with Crippen molar-refractivity contribution in [2.24, 2.45) is 11.1 Å². The SMILES string of the molecule is CC1(C)CCCN(C(CCN)C(=O)O)CC1. The average Bonchev–Trinajstić information content (AvgIpc) is 2.35. The summed E-state index contributed by atoms with van der Waals surface area (Å²) in [6.07, 6.45) is 3.89. The minimum absolute atomic E-state index is 0.348. The van der Waals surface area contributed by atoms with E-state index in [1.807, 2.05) is 0 Å². The summed E-state index contributed by atoms with van der Waals surface area (Å²) in [5.41, 5.74) is 5.82. The Labute approximate surface area is 97.8 Å². The van der Waals surface area contributed by atoms with Crippen molar-refractivity contribution in [1.82, 2.24) is 4.90 Å². The van der Waals surface area contributed by atoms with E-state index in [0.717, 1.165) is 25.9 Å². The maximum absolute atomic E-state index is 11.2. The van der Waals surface area contributed by atoms with E-state index in [9.17, 15) is 9.90 Å². The molecule has 4 heteroatoms. The van der Waals surface area contributed by atoms with Gasteiger partial charge in [0.1, 0.15) is 6.04 Å². The van der Waals surface area contributed by atoms with Crippen LogP contribution in [0.1, 0.15) is 39.5 Å². The van der Waals surface area contributed by atoms with Crippen molar-refractivity contribution in [2.45, 2.75) is 45.6 Å². The molecule has 0 aliphatic carbocycles. The van der Waals surface area contributed by atoms with E-state index < -0.39 is 5.97 Å². The highest BCUT2D eigenvalue weighted by molar-refractivity contribution is 5.73. The number of nitrogens with two attached hydrogens (primary N) is 1. The number of hydrogen-bond donors (Lipinski definition) is 2. The largest absolute Gasteiger partial charge is 0.480 e. The molecule has 1 saturated heterocycles. The minimum Gasteiger partial charge on any atom is -0.480 e. The summed E-state index contributed by atoms with van der Waals surface area (Å²) in [6, 6.07) is -0.390. The predicted octanol–water partition coefficient (Wildman–Crippen LogP) is 1.30. The molecule has 16 heavy (non-hydrogen) atoms. The summed E-state index contributed by atoms with van der Waals surface area (Å²) in [6.45, 7) is 6.73. The molecule has 1 aliphatic rings. The second-order valence-corrected chi connectivity index (χ2v) is 5.49. The van der Waals surface area contributed by atoms with Crippen LogP contribution in [0, 0.1) is 5.41 Å². The number of nitrogens with zero attached hydrogens (tertiary/aromatic N) is 1. The highest BCUT2D eigenvalue weighted by Crippen LogP contribution is 2.30. The molecule has 4 nitrogen and oxygen atoms in total. The lowest BCUT2D eigenvalue weighted by molar-refractivity contribution is -0.143. The first-order valence-corrected chi connectivity index (χ1v) is 6.13. The normalized spacial score (nSPS) is 23.7. The van der Waals surface area contributed by atoms with Gasteiger partial charge in [-0.15, -0.1) is 0 Å². The predicted molar refractivity (Wildman–Crippen MR) is 64.3 cm³/mol. The van der Waals surface area contributed by atoms with Crippen molar-refractivity contribution < 1.29 is 9.90 Å². The van der Waals surface area contributed by atoms with Gasteiger partial charge in [0.25, 0.3) is 0 Å². The molecule has 0 aromatic rings. The van der Waals surface area contributed by atoms with Gasteiger partial charge in [0.15, 0.2) is 0 Å². The van der Waals surface area contributed by atoms with Gasteiger partial charge in [-0.3, -0.25) is 9.69 Å². The molecule has 0 aromatic heterocycles. The number of carboxylic acids is 1. The van der Waals surface area contributed by atoms with Crippen molar-refractivity contribution >= 4 is 5.97 Å². The Bertz CT molecular complexity index is 241. The van der Waals surface area contributed by atoms with Gasteiger partial charge in [-0.05, 0) is 50.7 Å². The molecule has 0 bridgehead atoms. The quantitative estimate of drug-likeness (QED) is 0.761. The van der Waals surface area contributed by atoms with E-state index in [2.05, 4.69) is 18.7 Å². The molecule has 1 unspecified atom stereocenters. The fraction of sp³-hybridized carbons (Fsp3) is 0.917. The number of hydrogen-bond acceptors (Lipinski definition) is 3. The van der Waals surface area contributed by atoms with Crippen molar-refractivity contribution in [1.29, 1.82) is 0 Å². The summed E-state index contributed by atoms with van der Waals surface area (Å²) in [5, 5.41) is 9.18. The monoisotopic (exact) mass is 228 g/mol. The molecule has 1 atom stereocenters. The Morgan fingerprint density at radius 2 is 2.12 bits per heavy atom. The van der Waals surface area contributed by atoms with E-state index in [1.165, 1.54) is 6.42 Å². The number of aliphatic carboxylic acids is 1. The molecule has 1 rings (SSSR count). The van der Waals surface area contributed by atoms with E-state index in [1.54, 1.807) is 0 Å². The van der Waals surface area contributed by atoms with E-state index >= 15 is 0 Å². The Morgan fingerprint density at radius 3 is 2.69 bits per heavy atom. The third-order valence-corrected chi connectivity index (χ3v) is 3.54. The second-order valence-electron chi connectivity index (χ2n) is 5.49. The highest BCUT2D eigenvalue weighted by Gasteiger charge is 2.29. The van der Waals surface area contributed by atoms with Crippen LogP contribution in [0.5, 0.6) is 0 Å². The van der Waals surface area contributed by atoms with E-state index in [4.69, 9.17) is 5.73 Å². The Morgan fingerprint density at radius 1 is 1.44 bits per heavy atom. The first kappa shape index (κ1) is 13.5. The van der Waals surface area contributed by atoms with Gasteiger partial charge >= 0.3 is 5.97 Å². The third kappa shape index (κ3) is 3.76. The van der Waals surface area contributed by atoms with Crippen LogP contribution in [0.2, 0.25) is 0 Å². The minimum atomic E-state index is -0.731. The van der Waals surface area contributed by atoms with E-state index in [0.29, 0.717) is 18.4 Å². The van der Waals surface area contributed by atoms with Crippen LogP contribution in [0.15, 0.2) is 0 Å². The molecule has 1 heterocycles. The molecule has 0 amide bonds. The molecule has 0 saturated carbocycles. The topological polar surface area (TPSA) is 66.6 Å². The standard InChI is InChI=1S/C12H24N2O2/c1-12(2)5-3-8-14(9-6-12)10(4-7-13)11(15)16/h10H,3-9,13H2,1-2H3,(H,15,16). The van der Waals surface area contributed by atoms with Crippen LogP contribution in [0.25, 0.3) is 0 Å². The maximum atomic E-state index is 11.2. The summed E-state index contributed by atoms with van der Waals surface area (Å²) in [7, 11) is 0. The van der Waals surface area contributed by atoms with Gasteiger partial charge in [0, 0.05) is 0 Å². The van der Waals surface area contributed by atoms with Gasteiger partial charge < -0.3 is 10.8 Å². The Kier molecular flexibility index (Phi) is 4.74. The van der Waals surface area contributed by atoms with Crippen LogP contribution < -0.4 is 5.73 Å². The summed E-state index contributed by atoms with van der Waals surface area (Å²) < 4.78 is 0. The van der Waals surface area contributed by atoms with Gasteiger partial charge in [-0.2, -0.15) is 0 Å². The lowest BCUT2D eigenvalue weighted by Gasteiger charge is -2.28. The lowest BCUT2D eigenvalue weighted by Crippen LogP contribution is -2.43. The van der Waals surface area contributed by atoms with Gasteiger partial charge in [-0.1, -0.05) is 13.8 Å². The first-order valence-electron chi connectivity index (χ1n) is 6.13. The highest BCUT2D eigenvalue weighted by atomic mass is 16.4. The molecule has 94 valence electrons. The molecule has 0 spiro atoms. The fourth-order valence-corrected chi connectivity index (χ4v) is 2.38. The maximum Gasteiger partial charge on any atom is 0.320 e. The number of likely N-dealkylation sites (tertiary alicyclic amines) is 1. The van der Waals surface area contributed by atoms with Crippen LogP contribution in [-0.4, -0.2) is 41.7 Å². The van der Waals surface area contributed by atoms with Gasteiger partial charge in [-0.25, -0.2) is 0 Å². The number of carbonyl (C=O) groups is 1. The fourth-order valence-electron chi connectivity index (χ4n) is 2.38. The third-order valence-electron chi connectivity index (χ3n) is 3.54. The van der Waals surface area contributed by atoms with Crippen LogP contribution in [0.3, 0.4) is 0 Å². The zero-order chi connectivity index (χ0) is 12.2. The summed E-state index contributed by atoms with van der Waals surface area (Å²) >= 11 is 0. The molecule has 1 aliphatic heterocycles. The van der Waals surface area contributed by atoms with Crippen molar-refractivity contribution in [3.05, 3.63) is 0 Å². The molecular weight excluding hydrogens is 204 g/mol. The molecule has 0 aromatic carbocycles. The molecule has 3 N–H and O–H groups in total. The number of rotatable bonds is 4. The van der Waals surface area contributed by atoms with Crippen molar-refractivity contribution in [2.75, 3.05) is 19.6 Å². The Hall–Kier alpha value is -0.610. The number of carboxylic acid groups (broad SMARTS) is 1. The van der Waals surface area contributed by atoms with E-state index in [-0.39, 0.29) is 6.04 Å². The van der Waals surface area contributed by atoms with Crippen LogP contribution >= 0.6 is 0 Å². The molecule has 0 radical (unpaired) electrons. The zero-order valence-electron chi connectivity index (χ0n) is 10.4. The zero-order valence-corrected chi connectivity index (χ0v) is 10.4.